The number of phenols is 1. The Morgan fingerprint density at radius 1 is 1.05 bits per heavy atom. The molecule has 0 aliphatic carbocycles. The van der Waals surface area contributed by atoms with Crippen LogP contribution in [0.2, 0.25) is 0 Å². The van der Waals surface area contributed by atoms with E-state index in [1.165, 1.54) is 5.52 Å². The summed E-state index contributed by atoms with van der Waals surface area (Å²) in [5, 5.41) is 9.36. The van der Waals surface area contributed by atoms with Crippen LogP contribution in [0.15, 0.2) is 48.5 Å². The van der Waals surface area contributed by atoms with E-state index in [0.29, 0.717) is 11.8 Å². The maximum Gasteiger partial charge on any atom is 0.115 e. The first kappa shape index (κ1) is 12.7. The van der Waals surface area contributed by atoms with Gasteiger partial charge < -0.3 is 9.67 Å². The summed E-state index contributed by atoms with van der Waals surface area (Å²) in [4.78, 5) is 4.75. The van der Waals surface area contributed by atoms with Crippen molar-refractivity contribution in [2.24, 2.45) is 0 Å². The van der Waals surface area contributed by atoms with Gasteiger partial charge in [-0.2, -0.15) is 0 Å². The predicted octanol–water partition coefficient (Wildman–Crippen LogP) is 3.91. The number of phenolic OH excluding ortho intramolecular Hbond substituents is 1. The Morgan fingerprint density at radius 3 is 2.45 bits per heavy atom. The van der Waals surface area contributed by atoms with Crippen LogP contribution in [0.25, 0.3) is 11.0 Å². The summed E-state index contributed by atoms with van der Waals surface area (Å²) in [5.74, 6) is 1.36. The highest BCUT2D eigenvalue weighted by Gasteiger charge is 2.13. The van der Waals surface area contributed by atoms with Crippen LogP contribution < -0.4 is 0 Å². The van der Waals surface area contributed by atoms with Crippen molar-refractivity contribution in [1.82, 2.24) is 9.55 Å². The zero-order valence-corrected chi connectivity index (χ0v) is 11.7. The molecule has 1 N–H and O–H groups in total. The van der Waals surface area contributed by atoms with Crippen molar-refractivity contribution in [2.75, 3.05) is 0 Å². The van der Waals surface area contributed by atoms with E-state index in [1.807, 2.05) is 24.3 Å². The van der Waals surface area contributed by atoms with Crippen LogP contribution in [0, 0.1) is 0 Å². The minimum atomic E-state index is 0.297. The topological polar surface area (TPSA) is 38.0 Å². The van der Waals surface area contributed by atoms with E-state index in [2.05, 4.69) is 30.5 Å². The van der Waals surface area contributed by atoms with Crippen molar-refractivity contribution < 1.29 is 5.11 Å². The second-order valence-corrected chi connectivity index (χ2v) is 5.32. The minimum absolute atomic E-state index is 0.297. The molecule has 0 bridgehead atoms. The van der Waals surface area contributed by atoms with Gasteiger partial charge in [0.15, 0.2) is 0 Å². The fourth-order valence-electron chi connectivity index (χ4n) is 2.59. The summed E-state index contributed by atoms with van der Waals surface area (Å²) in [6, 6.07) is 15.9. The predicted molar refractivity (Wildman–Crippen MR) is 81.0 cm³/mol. The van der Waals surface area contributed by atoms with Gasteiger partial charge >= 0.3 is 0 Å². The fourth-order valence-corrected chi connectivity index (χ4v) is 2.59. The van der Waals surface area contributed by atoms with E-state index in [4.69, 9.17) is 4.98 Å². The largest absolute Gasteiger partial charge is 0.508 e. The van der Waals surface area contributed by atoms with Crippen molar-refractivity contribution in [2.45, 2.75) is 26.3 Å². The molecule has 3 nitrogen and oxygen atoms in total. The van der Waals surface area contributed by atoms with Crippen LogP contribution in [0.3, 0.4) is 0 Å². The minimum Gasteiger partial charge on any atom is -0.508 e. The van der Waals surface area contributed by atoms with Gasteiger partial charge in [-0.3, -0.25) is 0 Å². The van der Waals surface area contributed by atoms with E-state index in [0.717, 1.165) is 23.3 Å². The van der Waals surface area contributed by atoms with Crippen LogP contribution in [-0.4, -0.2) is 14.7 Å². The summed E-state index contributed by atoms with van der Waals surface area (Å²) in [6.07, 6.45) is 0.771. The number of aromatic hydroxyl groups is 1. The van der Waals surface area contributed by atoms with Gasteiger partial charge in [-0.1, -0.05) is 24.3 Å². The molecule has 0 saturated carbocycles. The first-order valence-corrected chi connectivity index (χ1v) is 6.89. The number of benzene rings is 2. The highest BCUT2D eigenvalue weighted by atomic mass is 16.3. The number of rotatable bonds is 3. The summed E-state index contributed by atoms with van der Waals surface area (Å²) in [6.45, 7) is 4.35. The molecule has 20 heavy (non-hydrogen) atoms. The zero-order chi connectivity index (χ0) is 14.1. The third-order valence-electron chi connectivity index (χ3n) is 3.48. The Balaban J connectivity index is 2.06. The molecule has 0 aliphatic heterocycles. The van der Waals surface area contributed by atoms with Gasteiger partial charge in [0.1, 0.15) is 11.6 Å². The van der Waals surface area contributed by atoms with E-state index in [-0.39, 0.29) is 0 Å². The van der Waals surface area contributed by atoms with Gasteiger partial charge in [-0.25, -0.2) is 4.98 Å². The molecule has 3 aromatic rings. The molecule has 0 spiro atoms. The number of imidazole rings is 1. The average molecular weight is 266 g/mol. The average Bonchev–Trinajstić information content (AvgIpc) is 2.79. The standard InChI is InChI=1S/C17H18N2O/c1-12(2)19-16-6-4-3-5-15(16)18-17(19)11-13-7-9-14(20)10-8-13/h3-10,12,20H,11H2,1-2H3. The lowest BCUT2D eigenvalue weighted by molar-refractivity contribution is 0.475. The number of hydrogen-bond acceptors (Lipinski definition) is 2. The third kappa shape index (κ3) is 2.27. The van der Waals surface area contributed by atoms with Gasteiger partial charge in [-0.05, 0) is 43.7 Å². The second-order valence-electron chi connectivity index (χ2n) is 5.32. The van der Waals surface area contributed by atoms with Crippen molar-refractivity contribution in [3.63, 3.8) is 0 Å². The van der Waals surface area contributed by atoms with Gasteiger partial charge in [0.25, 0.3) is 0 Å². The number of fused-ring (bicyclic) bond motifs is 1. The van der Waals surface area contributed by atoms with Gasteiger partial charge in [0.05, 0.1) is 11.0 Å². The molecule has 0 fully saturated rings. The lowest BCUT2D eigenvalue weighted by Gasteiger charge is -2.13. The third-order valence-corrected chi connectivity index (χ3v) is 3.48. The van der Waals surface area contributed by atoms with Gasteiger partial charge in [-0.15, -0.1) is 0 Å². The summed E-state index contributed by atoms with van der Waals surface area (Å²) >= 11 is 0. The molecule has 0 amide bonds. The van der Waals surface area contributed by atoms with Crippen LogP contribution >= 0.6 is 0 Å². The molecule has 0 aliphatic rings. The monoisotopic (exact) mass is 266 g/mol. The molecule has 0 unspecified atom stereocenters. The molecule has 0 radical (unpaired) electrons. The summed E-state index contributed by atoms with van der Waals surface area (Å²) < 4.78 is 2.28. The van der Waals surface area contributed by atoms with Crippen LogP contribution in [0.5, 0.6) is 5.75 Å². The Kier molecular flexibility index (Phi) is 3.18. The maximum atomic E-state index is 9.36. The number of para-hydroxylation sites is 2. The molecule has 0 atom stereocenters. The zero-order valence-electron chi connectivity index (χ0n) is 11.7. The van der Waals surface area contributed by atoms with Gasteiger partial charge in [0.2, 0.25) is 0 Å². The Morgan fingerprint density at radius 2 is 1.75 bits per heavy atom. The second kappa shape index (κ2) is 5.00. The smallest absolute Gasteiger partial charge is 0.115 e. The quantitative estimate of drug-likeness (QED) is 0.780. The number of aromatic nitrogens is 2. The first-order chi connectivity index (χ1) is 9.65. The molecule has 1 aromatic heterocycles. The first-order valence-electron chi connectivity index (χ1n) is 6.89. The van der Waals surface area contributed by atoms with Crippen molar-refractivity contribution >= 4 is 11.0 Å². The maximum absolute atomic E-state index is 9.36. The van der Waals surface area contributed by atoms with Crippen molar-refractivity contribution in [3.8, 4) is 5.75 Å². The van der Waals surface area contributed by atoms with Crippen LogP contribution in [-0.2, 0) is 6.42 Å². The Bertz CT molecular complexity index is 726. The van der Waals surface area contributed by atoms with Crippen molar-refractivity contribution in [3.05, 3.63) is 59.9 Å². The lowest BCUT2D eigenvalue weighted by Crippen LogP contribution is -2.06. The van der Waals surface area contributed by atoms with Crippen LogP contribution in [0.4, 0.5) is 0 Å². The normalized spacial score (nSPS) is 11.3. The Labute approximate surface area is 118 Å². The Hall–Kier alpha value is -2.29. The lowest BCUT2D eigenvalue weighted by atomic mass is 10.1. The van der Waals surface area contributed by atoms with Crippen molar-refractivity contribution in [1.29, 1.82) is 0 Å². The number of nitrogens with zero attached hydrogens (tertiary/aromatic N) is 2. The molecular weight excluding hydrogens is 248 g/mol. The molecule has 3 rings (SSSR count). The molecular formula is C17H18N2O. The summed E-state index contributed by atoms with van der Waals surface area (Å²) in [5.41, 5.74) is 3.37. The molecule has 0 saturated heterocycles. The summed E-state index contributed by atoms with van der Waals surface area (Å²) in [7, 11) is 0. The molecule has 102 valence electrons. The van der Waals surface area contributed by atoms with Crippen LogP contribution in [0.1, 0.15) is 31.3 Å². The highest BCUT2D eigenvalue weighted by molar-refractivity contribution is 5.76. The number of hydrogen-bond donors (Lipinski definition) is 1. The molecule has 1 heterocycles. The molecule has 2 aromatic carbocycles. The SMILES string of the molecule is CC(C)n1c(Cc2ccc(O)cc2)nc2ccccc21. The fraction of sp³-hybridized carbons (Fsp3) is 0.235. The molecule has 3 heteroatoms. The highest BCUT2D eigenvalue weighted by Crippen LogP contribution is 2.23. The van der Waals surface area contributed by atoms with E-state index < -0.39 is 0 Å². The van der Waals surface area contributed by atoms with E-state index in [9.17, 15) is 5.11 Å². The van der Waals surface area contributed by atoms with E-state index >= 15 is 0 Å². The van der Waals surface area contributed by atoms with Gasteiger partial charge in [0, 0.05) is 12.5 Å². The van der Waals surface area contributed by atoms with E-state index in [1.54, 1.807) is 12.1 Å².